The monoisotopic (exact) mass is 391 g/mol. The van der Waals surface area contributed by atoms with Gasteiger partial charge in [-0.15, -0.1) is 0 Å². The largest absolute Gasteiger partial charge is 0.416 e. The quantitative estimate of drug-likeness (QED) is 0.832. The number of benzene rings is 2. The van der Waals surface area contributed by atoms with E-state index in [1.54, 1.807) is 29.2 Å². The van der Waals surface area contributed by atoms with Gasteiger partial charge in [0.1, 0.15) is 0 Å². The Hall–Kier alpha value is -3.03. The highest BCUT2D eigenvalue weighted by atomic mass is 19.4. The van der Waals surface area contributed by atoms with Crippen LogP contribution in [0.1, 0.15) is 23.5 Å². The minimum Gasteiger partial charge on any atom is -0.341 e. The zero-order valence-electron chi connectivity index (χ0n) is 15.0. The van der Waals surface area contributed by atoms with Crippen molar-refractivity contribution in [3.63, 3.8) is 0 Å². The average molecular weight is 391 g/mol. The second-order valence-corrected chi connectivity index (χ2v) is 6.62. The molecule has 1 aliphatic heterocycles. The van der Waals surface area contributed by atoms with Crippen LogP contribution in [0.3, 0.4) is 0 Å². The maximum absolute atomic E-state index is 12.7. The van der Waals surface area contributed by atoms with Gasteiger partial charge in [0.2, 0.25) is 5.91 Å². The maximum Gasteiger partial charge on any atom is 0.416 e. The first-order valence-corrected chi connectivity index (χ1v) is 8.88. The van der Waals surface area contributed by atoms with E-state index in [0.717, 1.165) is 17.7 Å². The molecule has 1 unspecified atom stereocenters. The smallest absolute Gasteiger partial charge is 0.341 e. The number of carbonyl (C=O) groups is 2. The van der Waals surface area contributed by atoms with Crippen molar-refractivity contribution in [1.29, 1.82) is 0 Å². The molecule has 1 fully saturated rings. The zero-order chi connectivity index (χ0) is 20.1. The van der Waals surface area contributed by atoms with E-state index in [2.05, 4.69) is 10.6 Å². The van der Waals surface area contributed by atoms with Crippen molar-refractivity contribution >= 4 is 17.6 Å². The van der Waals surface area contributed by atoms with Gasteiger partial charge < -0.3 is 15.5 Å². The van der Waals surface area contributed by atoms with Crippen LogP contribution in [-0.4, -0.2) is 36.5 Å². The summed E-state index contributed by atoms with van der Waals surface area (Å²) < 4.78 is 38.0. The zero-order valence-corrected chi connectivity index (χ0v) is 15.0. The van der Waals surface area contributed by atoms with Gasteiger partial charge in [0.15, 0.2) is 0 Å². The highest BCUT2D eigenvalue weighted by molar-refractivity contribution is 5.92. The summed E-state index contributed by atoms with van der Waals surface area (Å²) in [6.45, 7) is 0.789. The number of rotatable bonds is 4. The Morgan fingerprint density at radius 1 is 1.04 bits per heavy atom. The third-order valence-corrected chi connectivity index (χ3v) is 4.68. The van der Waals surface area contributed by atoms with Gasteiger partial charge in [-0.3, -0.25) is 4.79 Å². The molecule has 2 aromatic carbocycles. The molecule has 1 aliphatic rings. The van der Waals surface area contributed by atoms with Crippen LogP contribution >= 0.6 is 0 Å². The van der Waals surface area contributed by atoms with Crippen molar-refractivity contribution in [2.45, 2.75) is 18.5 Å². The van der Waals surface area contributed by atoms with E-state index < -0.39 is 17.8 Å². The van der Waals surface area contributed by atoms with Crippen LogP contribution in [0.5, 0.6) is 0 Å². The molecule has 5 nitrogen and oxygen atoms in total. The summed E-state index contributed by atoms with van der Waals surface area (Å²) in [6, 6.07) is 13.4. The Labute approximate surface area is 160 Å². The topological polar surface area (TPSA) is 61.4 Å². The van der Waals surface area contributed by atoms with E-state index in [0.29, 0.717) is 25.2 Å². The first kappa shape index (κ1) is 19.7. The molecule has 148 valence electrons. The summed E-state index contributed by atoms with van der Waals surface area (Å²) in [4.78, 5) is 25.8. The maximum atomic E-state index is 12.7. The molecule has 0 spiro atoms. The van der Waals surface area contributed by atoms with Gasteiger partial charge in [-0.2, -0.15) is 13.2 Å². The fraction of sp³-hybridized carbons (Fsp3) is 0.300. The fourth-order valence-electron chi connectivity index (χ4n) is 3.17. The lowest BCUT2D eigenvalue weighted by atomic mass is 9.97. The molecule has 28 heavy (non-hydrogen) atoms. The van der Waals surface area contributed by atoms with Crippen molar-refractivity contribution in [2.75, 3.05) is 25.0 Å². The lowest BCUT2D eigenvalue weighted by Gasteiger charge is -2.17. The first-order chi connectivity index (χ1) is 13.3. The average Bonchev–Trinajstić information content (AvgIpc) is 3.17. The normalized spacial score (nSPS) is 16.7. The Morgan fingerprint density at radius 3 is 2.36 bits per heavy atom. The van der Waals surface area contributed by atoms with Crippen molar-refractivity contribution < 1.29 is 22.8 Å². The van der Waals surface area contributed by atoms with Crippen LogP contribution in [0.2, 0.25) is 0 Å². The van der Waals surface area contributed by atoms with Gasteiger partial charge in [0.25, 0.3) is 0 Å². The summed E-state index contributed by atoms with van der Waals surface area (Å²) in [5.41, 5.74) is 0.713. The molecule has 0 aliphatic carbocycles. The molecule has 1 saturated heterocycles. The van der Waals surface area contributed by atoms with Crippen LogP contribution in [0.15, 0.2) is 54.6 Å². The van der Waals surface area contributed by atoms with E-state index in [-0.39, 0.29) is 18.4 Å². The summed E-state index contributed by atoms with van der Waals surface area (Å²) in [5.74, 6) is -0.234. The SMILES string of the molecule is O=C(NCC(=O)N1CCC(c2ccc(C(F)(F)F)cc2)C1)Nc1ccccc1. The molecule has 1 heterocycles. The van der Waals surface area contributed by atoms with Crippen molar-refractivity contribution in [3.8, 4) is 0 Å². The molecule has 0 radical (unpaired) electrons. The molecule has 8 heteroatoms. The number of halogens is 3. The van der Waals surface area contributed by atoms with Crippen molar-refractivity contribution in [1.82, 2.24) is 10.2 Å². The second kappa shape index (κ2) is 8.33. The molecule has 3 rings (SSSR count). The predicted molar refractivity (Wildman–Crippen MR) is 98.8 cm³/mol. The summed E-state index contributed by atoms with van der Waals surface area (Å²) in [6.07, 6.45) is -3.69. The summed E-state index contributed by atoms with van der Waals surface area (Å²) in [5, 5.41) is 5.15. The van der Waals surface area contributed by atoms with Gasteiger partial charge in [0.05, 0.1) is 12.1 Å². The molecular formula is C20H20F3N3O2. The van der Waals surface area contributed by atoms with Gasteiger partial charge in [0, 0.05) is 24.7 Å². The van der Waals surface area contributed by atoms with Crippen LogP contribution < -0.4 is 10.6 Å². The second-order valence-electron chi connectivity index (χ2n) is 6.62. The molecule has 2 aromatic rings. The Kier molecular flexibility index (Phi) is 5.87. The lowest BCUT2D eigenvalue weighted by Crippen LogP contribution is -2.40. The number of carbonyl (C=O) groups excluding carboxylic acids is 2. The number of nitrogens with zero attached hydrogens (tertiary/aromatic N) is 1. The number of likely N-dealkylation sites (tertiary alicyclic amines) is 1. The molecular weight excluding hydrogens is 371 g/mol. The molecule has 1 atom stereocenters. The minimum absolute atomic E-state index is 0.00983. The van der Waals surface area contributed by atoms with E-state index in [1.165, 1.54) is 12.1 Å². The number of hydrogen-bond donors (Lipinski definition) is 2. The van der Waals surface area contributed by atoms with Crippen LogP contribution in [-0.2, 0) is 11.0 Å². The molecule has 2 N–H and O–H groups in total. The van der Waals surface area contributed by atoms with Gasteiger partial charge in [-0.25, -0.2) is 4.79 Å². The van der Waals surface area contributed by atoms with E-state index in [9.17, 15) is 22.8 Å². The summed E-state index contributed by atoms with van der Waals surface area (Å²) >= 11 is 0. The van der Waals surface area contributed by atoms with Crippen molar-refractivity contribution in [2.24, 2.45) is 0 Å². The molecule has 0 saturated carbocycles. The van der Waals surface area contributed by atoms with E-state index in [1.807, 2.05) is 6.07 Å². The lowest BCUT2D eigenvalue weighted by molar-refractivity contribution is -0.137. The van der Waals surface area contributed by atoms with Crippen LogP contribution in [0, 0.1) is 0 Å². The Morgan fingerprint density at radius 2 is 1.71 bits per heavy atom. The number of hydrogen-bond acceptors (Lipinski definition) is 2. The van der Waals surface area contributed by atoms with E-state index in [4.69, 9.17) is 0 Å². The Bertz CT molecular complexity index is 823. The molecule has 3 amide bonds. The predicted octanol–water partition coefficient (Wildman–Crippen LogP) is 3.84. The molecule has 0 aromatic heterocycles. The third-order valence-electron chi connectivity index (χ3n) is 4.68. The number of anilines is 1. The van der Waals surface area contributed by atoms with E-state index >= 15 is 0 Å². The number of amides is 3. The summed E-state index contributed by atoms with van der Waals surface area (Å²) in [7, 11) is 0. The molecule has 0 bridgehead atoms. The number of para-hydroxylation sites is 1. The van der Waals surface area contributed by atoms with Crippen LogP contribution in [0.4, 0.5) is 23.7 Å². The van der Waals surface area contributed by atoms with Gasteiger partial charge >= 0.3 is 12.2 Å². The van der Waals surface area contributed by atoms with Gasteiger partial charge in [-0.1, -0.05) is 30.3 Å². The highest BCUT2D eigenvalue weighted by Gasteiger charge is 2.31. The van der Waals surface area contributed by atoms with Crippen LogP contribution in [0.25, 0.3) is 0 Å². The number of urea groups is 1. The first-order valence-electron chi connectivity index (χ1n) is 8.88. The minimum atomic E-state index is -4.36. The van der Waals surface area contributed by atoms with Crippen molar-refractivity contribution in [3.05, 3.63) is 65.7 Å². The van der Waals surface area contributed by atoms with Gasteiger partial charge in [-0.05, 0) is 36.2 Å². The number of nitrogens with one attached hydrogen (secondary N) is 2. The third kappa shape index (κ3) is 5.03. The number of alkyl halides is 3. The standard InChI is InChI=1S/C20H20F3N3O2/c21-20(22,23)16-8-6-14(7-9-16)15-10-11-26(13-15)18(27)12-24-19(28)25-17-4-2-1-3-5-17/h1-9,15H,10-13H2,(H2,24,25,28). The fourth-order valence-corrected chi connectivity index (χ4v) is 3.17. The highest BCUT2D eigenvalue weighted by Crippen LogP contribution is 2.32. The Balaban J connectivity index is 1.48.